The van der Waals surface area contributed by atoms with E-state index in [2.05, 4.69) is 38.3 Å². The van der Waals surface area contributed by atoms with Crippen LogP contribution in [0.3, 0.4) is 0 Å². The van der Waals surface area contributed by atoms with Crippen LogP contribution < -0.4 is 0 Å². The van der Waals surface area contributed by atoms with Crippen LogP contribution in [0.5, 0.6) is 5.75 Å². The Morgan fingerprint density at radius 3 is 2.52 bits per heavy atom. The van der Waals surface area contributed by atoms with Gasteiger partial charge in [-0.2, -0.15) is 0 Å². The number of carbonyl (C=O) groups is 1. The molecule has 0 spiro atoms. The van der Waals surface area contributed by atoms with E-state index in [1.165, 1.54) is 11.8 Å². The number of hydrogen-bond acceptors (Lipinski definition) is 2. The first kappa shape index (κ1) is 15.1. The van der Waals surface area contributed by atoms with Crippen molar-refractivity contribution >= 4 is 11.9 Å². The van der Waals surface area contributed by atoms with Gasteiger partial charge in [0.05, 0.1) is 0 Å². The van der Waals surface area contributed by atoms with Gasteiger partial charge in [-0.05, 0) is 63.6 Å². The monoisotopic (exact) mass is 283 g/mol. The predicted octanol–water partition coefficient (Wildman–Crippen LogP) is 4.29. The standard InChI is InChI=1S/C18H21NO2/c1-12(2)19-13(3)10-15(14(19)4)8-9-18(21)16-6-5-7-17(20)11-16/h5-12,20H,1-4H3/b9-8+. The minimum atomic E-state index is -0.111. The summed E-state index contributed by atoms with van der Waals surface area (Å²) in [6.07, 6.45) is 3.40. The van der Waals surface area contributed by atoms with Crippen LogP contribution in [0.25, 0.3) is 6.08 Å². The van der Waals surface area contributed by atoms with Gasteiger partial charge >= 0.3 is 0 Å². The van der Waals surface area contributed by atoms with Crippen molar-refractivity contribution in [3.05, 3.63) is 58.9 Å². The van der Waals surface area contributed by atoms with E-state index < -0.39 is 0 Å². The summed E-state index contributed by atoms with van der Waals surface area (Å²) >= 11 is 0. The van der Waals surface area contributed by atoms with Gasteiger partial charge in [0.25, 0.3) is 0 Å². The molecule has 3 heteroatoms. The zero-order chi connectivity index (χ0) is 15.6. The molecule has 0 amide bonds. The Kier molecular flexibility index (Phi) is 4.32. The summed E-state index contributed by atoms with van der Waals surface area (Å²) in [6.45, 7) is 8.42. The number of aromatic nitrogens is 1. The Bertz CT molecular complexity index is 693. The quantitative estimate of drug-likeness (QED) is 0.672. The zero-order valence-corrected chi connectivity index (χ0v) is 12.9. The summed E-state index contributed by atoms with van der Waals surface area (Å²) in [5.74, 6) is -0.00696. The van der Waals surface area contributed by atoms with Crippen LogP contribution >= 0.6 is 0 Å². The molecule has 1 aromatic heterocycles. The molecule has 2 rings (SSSR count). The third kappa shape index (κ3) is 3.24. The maximum atomic E-state index is 12.1. The summed E-state index contributed by atoms with van der Waals surface area (Å²) in [7, 11) is 0. The number of rotatable bonds is 4. The number of phenols is 1. The highest BCUT2D eigenvalue weighted by atomic mass is 16.3. The number of aryl methyl sites for hydroxylation is 1. The van der Waals surface area contributed by atoms with Gasteiger partial charge in [0.2, 0.25) is 0 Å². The SMILES string of the molecule is Cc1cc(/C=C/C(=O)c2cccc(O)c2)c(C)n1C(C)C. The summed E-state index contributed by atoms with van der Waals surface area (Å²) in [5, 5.41) is 9.41. The molecule has 0 aliphatic heterocycles. The molecule has 0 saturated carbocycles. The fraction of sp³-hybridized carbons (Fsp3) is 0.278. The molecule has 0 aliphatic carbocycles. The Morgan fingerprint density at radius 1 is 1.24 bits per heavy atom. The van der Waals surface area contributed by atoms with Crippen molar-refractivity contribution in [2.24, 2.45) is 0 Å². The summed E-state index contributed by atoms with van der Waals surface area (Å²) < 4.78 is 2.25. The number of phenolic OH excluding ortho intramolecular Hbond substituents is 1. The van der Waals surface area contributed by atoms with Crippen molar-refractivity contribution in [1.82, 2.24) is 4.57 Å². The van der Waals surface area contributed by atoms with Crippen molar-refractivity contribution in [3.8, 4) is 5.75 Å². The van der Waals surface area contributed by atoms with Crippen LogP contribution in [-0.4, -0.2) is 15.5 Å². The highest BCUT2D eigenvalue weighted by molar-refractivity contribution is 6.07. The average Bonchev–Trinajstić information content (AvgIpc) is 2.70. The molecule has 0 radical (unpaired) electrons. The lowest BCUT2D eigenvalue weighted by molar-refractivity contribution is 0.104. The minimum Gasteiger partial charge on any atom is -0.508 e. The summed E-state index contributed by atoms with van der Waals surface area (Å²) in [6, 6.07) is 8.88. The van der Waals surface area contributed by atoms with Gasteiger partial charge < -0.3 is 9.67 Å². The third-order valence-electron chi connectivity index (χ3n) is 3.58. The third-order valence-corrected chi connectivity index (χ3v) is 3.58. The Balaban J connectivity index is 2.26. The lowest BCUT2D eigenvalue weighted by Gasteiger charge is -2.13. The molecule has 0 unspecified atom stereocenters. The molecular formula is C18H21NO2. The molecule has 0 aliphatic rings. The molecule has 2 aromatic rings. The molecular weight excluding hydrogens is 262 g/mol. The van der Waals surface area contributed by atoms with Crippen LogP contribution in [-0.2, 0) is 0 Å². The number of ketones is 1. The normalized spacial score (nSPS) is 11.5. The number of aromatic hydroxyl groups is 1. The second-order valence-corrected chi connectivity index (χ2v) is 5.54. The van der Waals surface area contributed by atoms with E-state index in [1.807, 2.05) is 6.08 Å². The number of allylic oxidation sites excluding steroid dienone is 1. The van der Waals surface area contributed by atoms with Crippen LogP contribution in [0.4, 0.5) is 0 Å². The smallest absolute Gasteiger partial charge is 0.185 e. The number of hydrogen-bond donors (Lipinski definition) is 1. The molecule has 1 heterocycles. The van der Waals surface area contributed by atoms with Crippen molar-refractivity contribution < 1.29 is 9.90 Å². The zero-order valence-electron chi connectivity index (χ0n) is 12.9. The van der Waals surface area contributed by atoms with Crippen LogP contribution in [0.1, 0.15) is 47.2 Å². The summed E-state index contributed by atoms with van der Waals surface area (Å²) in [4.78, 5) is 12.1. The summed E-state index contributed by atoms with van der Waals surface area (Å²) in [5.41, 5.74) is 3.88. The molecule has 1 N–H and O–H groups in total. The first-order chi connectivity index (χ1) is 9.90. The molecule has 1 aromatic carbocycles. The number of benzene rings is 1. The van der Waals surface area contributed by atoms with Crippen molar-refractivity contribution in [2.45, 2.75) is 33.7 Å². The fourth-order valence-electron chi connectivity index (χ4n) is 2.69. The van der Waals surface area contributed by atoms with Crippen LogP contribution in [0.15, 0.2) is 36.4 Å². The number of carbonyl (C=O) groups excluding carboxylic acids is 1. The van der Waals surface area contributed by atoms with Crippen LogP contribution in [0.2, 0.25) is 0 Å². The van der Waals surface area contributed by atoms with Gasteiger partial charge in [-0.3, -0.25) is 4.79 Å². The van der Waals surface area contributed by atoms with E-state index in [0.29, 0.717) is 11.6 Å². The van der Waals surface area contributed by atoms with Gasteiger partial charge in [-0.25, -0.2) is 0 Å². The molecule has 0 saturated heterocycles. The van der Waals surface area contributed by atoms with E-state index in [0.717, 1.165) is 11.3 Å². The van der Waals surface area contributed by atoms with E-state index in [4.69, 9.17) is 0 Å². The number of nitrogens with zero attached hydrogens (tertiary/aromatic N) is 1. The fourth-order valence-corrected chi connectivity index (χ4v) is 2.69. The topological polar surface area (TPSA) is 42.2 Å². The maximum absolute atomic E-state index is 12.1. The van der Waals surface area contributed by atoms with E-state index in [1.54, 1.807) is 24.3 Å². The molecule has 0 atom stereocenters. The molecule has 3 nitrogen and oxygen atoms in total. The van der Waals surface area contributed by atoms with Gasteiger partial charge in [0.15, 0.2) is 5.78 Å². The minimum absolute atomic E-state index is 0.104. The molecule has 0 fully saturated rings. The Hall–Kier alpha value is -2.29. The molecule has 21 heavy (non-hydrogen) atoms. The van der Waals surface area contributed by atoms with Gasteiger partial charge in [-0.15, -0.1) is 0 Å². The van der Waals surface area contributed by atoms with Gasteiger partial charge in [0.1, 0.15) is 5.75 Å². The second-order valence-electron chi connectivity index (χ2n) is 5.54. The van der Waals surface area contributed by atoms with Gasteiger partial charge in [-0.1, -0.05) is 12.1 Å². The van der Waals surface area contributed by atoms with Crippen molar-refractivity contribution in [2.75, 3.05) is 0 Å². The first-order valence-corrected chi connectivity index (χ1v) is 7.10. The molecule has 0 bridgehead atoms. The highest BCUT2D eigenvalue weighted by Crippen LogP contribution is 2.21. The van der Waals surface area contributed by atoms with Gasteiger partial charge in [0, 0.05) is 23.0 Å². The lowest BCUT2D eigenvalue weighted by Crippen LogP contribution is -2.04. The largest absolute Gasteiger partial charge is 0.508 e. The predicted molar refractivity (Wildman–Crippen MR) is 85.8 cm³/mol. The van der Waals surface area contributed by atoms with E-state index in [-0.39, 0.29) is 11.5 Å². The lowest BCUT2D eigenvalue weighted by atomic mass is 10.1. The highest BCUT2D eigenvalue weighted by Gasteiger charge is 2.10. The van der Waals surface area contributed by atoms with E-state index in [9.17, 15) is 9.90 Å². The first-order valence-electron chi connectivity index (χ1n) is 7.10. The van der Waals surface area contributed by atoms with Crippen molar-refractivity contribution in [1.29, 1.82) is 0 Å². The maximum Gasteiger partial charge on any atom is 0.185 e. The molecule has 110 valence electrons. The van der Waals surface area contributed by atoms with Crippen molar-refractivity contribution in [3.63, 3.8) is 0 Å². The average molecular weight is 283 g/mol. The Morgan fingerprint density at radius 2 is 1.95 bits per heavy atom. The van der Waals surface area contributed by atoms with Crippen LogP contribution in [0, 0.1) is 13.8 Å². The second kappa shape index (κ2) is 6.00. The van der Waals surface area contributed by atoms with E-state index >= 15 is 0 Å². The Labute approximate surface area is 125 Å².